The lowest BCUT2D eigenvalue weighted by Gasteiger charge is -2.14. The number of aromatic nitrogens is 3. The highest BCUT2D eigenvalue weighted by Gasteiger charge is 2.16. The number of nitrogens with one attached hydrogen (secondary N) is 1. The van der Waals surface area contributed by atoms with E-state index in [0.29, 0.717) is 6.04 Å². The number of aryl methyl sites for hydroxylation is 2. The van der Waals surface area contributed by atoms with Crippen LogP contribution in [-0.4, -0.2) is 20.6 Å². The van der Waals surface area contributed by atoms with Crippen molar-refractivity contribution in [1.29, 1.82) is 0 Å². The molecule has 0 amide bonds. The summed E-state index contributed by atoms with van der Waals surface area (Å²) in [5.74, 6) is 1.01. The monoisotopic (exact) mass is 262 g/mol. The number of nitrogens with zero attached hydrogens (tertiary/aromatic N) is 3. The maximum atomic E-state index is 4.41. The van der Waals surface area contributed by atoms with Crippen LogP contribution in [0.1, 0.15) is 30.7 Å². The fourth-order valence-electron chi connectivity index (χ4n) is 2.48. The largest absolute Gasteiger partial charge is 0.353 e. The van der Waals surface area contributed by atoms with Gasteiger partial charge in [-0.2, -0.15) is 0 Å². The molecule has 2 aromatic rings. The molecule has 0 saturated heterocycles. The Labute approximate surface area is 111 Å². The molecule has 0 spiro atoms. The zero-order chi connectivity index (χ0) is 12.2. The zero-order valence-corrected chi connectivity index (χ0v) is 11.2. The molecule has 1 fully saturated rings. The first-order valence-electron chi connectivity index (χ1n) is 6.58. The van der Waals surface area contributed by atoms with Crippen LogP contribution in [0, 0.1) is 0 Å². The lowest BCUT2D eigenvalue weighted by molar-refractivity contribution is 0.672. The smallest absolute Gasteiger partial charge is 0.202 e. The van der Waals surface area contributed by atoms with Crippen molar-refractivity contribution >= 4 is 17.3 Å². The van der Waals surface area contributed by atoms with Crippen molar-refractivity contribution in [3.05, 3.63) is 29.0 Å². The minimum Gasteiger partial charge on any atom is -0.353 e. The fraction of sp³-hybridized carbons (Fsp3) is 0.538. The van der Waals surface area contributed by atoms with Gasteiger partial charge in [-0.3, -0.25) is 0 Å². The molecule has 96 valence electrons. The van der Waals surface area contributed by atoms with Crippen molar-refractivity contribution < 1.29 is 0 Å². The van der Waals surface area contributed by atoms with Gasteiger partial charge in [0.25, 0.3) is 0 Å². The predicted molar refractivity (Wildman–Crippen MR) is 73.9 cm³/mol. The van der Waals surface area contributed by atoms with E-state index in [2.05, 4.69) is 19.9 Å². The Morgan fingerprint density at radius 3 is 2.94 bits per heavy atom. The van der Waals surface area contributed by atoms with E-state index < -0.39 is 0 Å². The molecule has 0 unspecified atom stereocenters. The van der Waals surface area contributed by atoms with E-state index in [9.17, 15) is 0 Å². The SMILES string of the molecule is c1csc(CCn2ccnc2NC2CCCC2)n1. The van der Waals surface area contributed by atoms with Crippen molar-refractivity contribution in [1.82, 2.24) is 14.5 Å². The molecule has 1 aliphatic carbocycles. The van der Waals surface area contributed by atoms with Gasteiger partial charge in [0.15, 0.2) is 0 Å². The van der Waals surface area contributed by atoms with Gasteiger partial charge in [0, 0.05) is 43.0 Å². The van der Waals surface area contributed by atoms with Gasteiger partial charge in [-0.05, 0) is 12.8 Å². The third-order valence-electron chi connectivity index (χ3n) is 3.45. The highest BCUT2D eigenvalue weighted by molar-refractivity contribution is 7.09. The third kappa shape index (κ3) is 2.72. The Kier molecular flexibility index (Phi) is 3.59. The van der Waals surface area contributed by atoms with Crippen LogP contribution in [0.2, 0.25) is 0 Å². The average molecular weight is 262 g/mol. The summed E-state index contributed by atoms with van der Waals surface area (Å²) in [7, 11) is 0. The van der Waals surface area contributed by atoms with Crippen LogP contribution < -0.4 is 5.32 Å². The summed E-state index contributed by atoms with van der Waals surface area (Å²) in [4.78, 5) is 8.73. The van der Waals surface area contributed by atoms with E-state index in [1.807, 2.05) is 24.0 Å². The number of rotatable bonds is 5. The Hall–Kier alpha value is -1.36. The summed E-state index contributed by atoms with van der Waals surface area (Å²) in [6.07, 6.45) is 12.0. The number of imidazole rings is 1. The van der Waals surface area contributed by atoms with Gasteiger partial charge in [0.05, 0.1) is 5.01 Å². The molecule has 0 atom stereocenters. The predicted octanol–water partition coefficient (Wildman–Crippen LogP) is 2.94. The second-order valence-electron chi connectivity index (χ2n) is 4.75. The molecular weight excluding hydrogens is 244 g/mol. The van der Waals surface area contributed by atoms with Crippen molar-refractivity contribution in [2.24, 2.45) is 0 Å². The molecule has 0 aromatic carbocycles. The van der Waals surface area contributed by atoms with Gasteiger partial charge in [-0.1, -0.05) is 12.8 Å². The maximum absolute atomic E-state index is 4.41. The van der Waals surface area contributed by atoms with E-state index in [1.54, 1.807) is 11.3 Å². The summed E-state index contributed by atoms with van der Waals surface area (Å²) < 4.78 is 2.19. The van der Waals surface area contributed by atoms with Crippen LogP contribution in [0.4, 0.5) is 5.95 Å². The molecule has 1 aliphatic rings. The molecule has 3 rings (SSSR count). The standard InChI is InChI=1S/C13H18N4S/c1-2-4-11(3-1)16-13-15-6-9-17(13)8-5-12-14-7-10-18-12/h6-7,9-11H,1-5,8H2,(H,15,16). The summed E-state index contributed by atoms with van der Waals surface area (Å²) in [5, 5.41) is 6.77. The van der Waals surface area contributed by atoms with Crippen molar-refractivity contribution in [3.63, 3.8) is 0 Å². The van der Waals surface area contributed by atoms with Crippen molar-refractivity contribution in [2.75, 3.05) is 5.32 Å². The fourth-order valence-corrected chi connectivity index (χ4v) is 3.08. The number of hydrogen-bond acceptors (Lipinski definition) is 4. The molecule has 4 nitrogen and oxygen atoms in total. The van der Waals surface area contributed by atoms with Crippen molar-refractivity contribution in [2.45, 2.75) is 44.7 Å². The van der Waals surface area contributed by atoms with Gasteiger partial charge in [-0.25, -0.2) is 9.97 Å². The first-order valence-corrected chi connectivity index (χ1v) is 7.46. The van der Waals surface area contributed by atoms with Gasteiger partial charge in [0.2, 0.25) is 5.95 Å². The Morgan fingerprint density at radius 2 is 2.17 bits per heavy atom. The minimum absolute atomic E-state index is 0.617. The van der Waals surface area contributed by atoms with Crippen molar-refractivity contribution in [3.8, 4) is 0 Å². The summed E-state index contributed by atoms with van der Waals surface area (Å²) in [6.45, 7) is 0.947. The Bertz CT molecular complexity index is 471. The first kappa shape index (κ1) is 11.7. The topological polar surface area (TPSA) is 42.7 Å². The minimum atomic E-state index is 0.617. The van der Waals surface area contributed by atoms with Gasteiger partial charge < -0.3 is 9.88 Å². The highest BCUT2D eigenvalue weighted by Crippen LogP contribution is 2.21. The Balaban J connectivity index is 1.60. The molecule has 0 bridgehead atoms. The molecule has 2 aromatic heterocycles. The molecule has 1 N–H and O–H groups in total. The highest BCUT2D eigenvalue weighted by atomic mass is 32.1. The quantitative estimate of drug-likeness (QED) is 0.901. The van der Waals surface area contributed by atoms with Crippen LogP contribution in [0.3, 0.4) is 0 Å². The van der Waals surface area contributed by atoms with Crippen LogP contribution >= 0.6 is 11.3 Å². The van der Waals surface area contributed by atoms with E-state index in [0.717, 1.165) is 18.9 Å². The van der Waals surface area contributed by atoms with Crippen LogP contribution in [0.15, 0.2) is 24.0 Å². The van der Waals surface area contributed by atoms with Crippen LogP contribution in [0.5, 0.6) is 0 Å². The summed E-state index contributed by atoms with van der Waals surface area (Å²) in [5.41, 5.74) is 0. The third-order valence-corrected chi connectivity index (χ3v) is 4.29. The van der Waals surface area contributed by atoms with Gasteiger partial charge >= 0.3 is 0 Å². The van der Waals surface area contributed by atoms with E-state index in [-0.39, 0.29) is 0 Å². The second kappa shape index (κ2) is 5.52. The van der Waals surface area contributed by atoms with Gasteiger partial charge in [0.1, 0.15) is 0 Å². The molecule has 1 saturated carbocycles. The molecule has 2 heterocycles. The van der Waals surface area contributed by atoms with E-state index in [1.165, 1.54) is 30.7 Å². The zero-order valence-electron chi connectivity index (χ0n) is 10.4. The lowest BCUT2D eigenvalue weighted by Crippen LogP contribution is -2.18. The molecule has 0 radical (unpaired) electrons. The first-order chi connectivity index (χ1) is 8.92. The normalized spacial score (nSPS) is 16.2. The molecule has 5 heteroatoms. The Morgan fingerprint density at radius 1 is 1.28 bits per heavy atom. The number of anilines is 1. The maximum Gasteiger partial charge on any atom is 0.202 e. The lowest BCUT2D eigenvalue weighted by atomic mass is 10.2. The molecule has 0 aliphatic heterocycles. The van der Waals surface area contributed by atoms with E-state index in [4.69, 9.17) is 0 Å². The summed E-state index contributed by atoms with van der Waals surface area (Å²) >= 11 is 1.72. The van der Waals surface area contributed by atoms with E-state index >= 15 is 0 Å². The number of thiazole rings is 1. The second-order valence-corrected chi connectivity index (χ2v) is 5.72. The van der Waals surface area contributed by atoms with Crippen LogP contribution in [0.25, 0.3) is 0 Å². The number of hydrogen-bond donors (Lipinski definition) is 1. The molecule has 18 heavy (non-hydrogen) atoms. The molecular formula is C13H18N4S. The van der Waals surface area contributed by atoms with Crippen LogP contribution in [-0.2, 0) is 13.0 Å². The summed E-state index contributed by atoms with van der Waals surface area (Å²) in [6, 6.07) is 0.617. The van der Waals surface area contributed by atoms with Gasteiger partial charge in [-0.15, -0.1) is 11.3 Å². The average Bonchev–Trinajstić information content (AvgIpc) is 3.10.